The fourth-order valence-corrected chi connectivity index (χ4v) is 2.95. The number of nitrogens with zero attached hydrogens (tertiary/aromatic N) is 2. The maximum atomic E-state index is 12.2. The Hall–Kier alpha value is -3.49. The third-order valence-corrected chi connectivity index (χ3v) is 4.21. The first-order valence-corrected chi connectivity index (χ1v) is 8.03. The van der Waals surface area contributed by atoms with Crippen LogP contribution >= 0.6 is 0 Å². The Morgan fingerprint density at radius 2 is 2.04 bits per heavy atom. The van der Waals surface area contributed by atoms with Gasteiger partial charge in [-0.15, -0.1) is 0 Å². The maximum Gasteiger partial charge on any atom is 0.280 e. The van der Waals surface area contributed by atoms with E-state index in [1.165, 1.54) is 18.2 Å². The second-order valence-corrected chi connectivity index (χ2v) is 5.86. The van der Waals surface area contributed by atoms with Gasteiger partial charge in [-0.2, -0.15) is 5.10 Å². The number of aromatic nitrogens is 1. The predicted molar refractivity (Wildman–Crippen MR) is 93.5 cm³/mol. The first kappa shape index (κ1) is 17.3. The van der Waals surface area contributed by atoms with E-state index in [1.807, 2.05) is 0 Å². The first-order valence-electron chi connectivity index (χ1n) is 8.03. The molecule has 1 aliphatic rings. The second-order valence-electron chi connectivity index (χ2n) is 5.86. The van der Waals surface area contributed by atoms with Crippen molar-refractivity contribution >= 4 is 17.8 Å². The molecule has 9 nitrogen and oxygen atoms in total. The summed E-state index contributed by atoms with van der Waals surface area (Å²) in [6.45, 7) is 0. The molecule has 1 heterocycles. The van der Waals surface area contributed by atoms with Gasteiger partial charge in [-0.3, -0.25) is 19.7 Å². The van der Waals surface area contributed by atoms with Crippen LogP contribution in [0.25, 0.3) is 0 Å². The lowest BCUT2D eigenvalue weighted by atomic mass is 9.94. The van der Waals surface area contributed by atoms with E-state index >= 15 is 0 Å². The highest BCUT2D eigenvalue weighted by molar-refractivity contribution is 5.97. The van der Waals surface area contributed by atoms with Gasteiger partial charge in [-0.05, 0) is 31.7 Å². The van der Waals surface area contributed by atoms with E-state index in [0.717, 1.165) is 19.1 Å². The summed E-state index contributed by atoms with van der Waals surface area (Å²) in [4.78, 5) is 37.4. The average molecular weight is 356 g/mol. The van der Waals surface area contributed by atoms with Gasteiger partial charge in [0.1, 0.15) is 11.3 Å². The smallest absolute Gasteiger partial charge is 0.280 e. The number of hydrazone groups is 1. The largest absolute Gasteiger partial charge is 0.507 e. The number of hydrogen-bond acceptors (Lipinski definition) is 6. The molecular formula is C17H16N4O5. The monoisotopic (exact) mass is 356 g/mol. The van der Waals surface area contributed by atoms with E-state index < -0.39 is 22.0 Å². The van der Waals surface area contributed by atoms with E-state index in [-0.39, 0.29) is 17.0 Å². The third kappa shape index (κ3) is 3.32. The van der Waals surface area contributed by atoms with Crippen molar-refractivity contribution in [1.29, 1.82) is 0 Å². The zero-order chi connectivity index (χ0) is 18.7. The van der Waals surface area contributed by atoms with E-state index in [1.54, 1.807) is 6.07 Å². The highest BCUT2D eigenvalue weighted by atomic mass is 16.6. The van der Waals surface area contributed by atoms with Gasteiger partial charge in [0.05, 0.1) is 16.7 Å². The van der Waals surface area contributed by atoms with E-state index in [2.05, 4.69) is 15.5 Å². The molecule has 0 saturated carbocycles. The van der Waals surface area contributed by atoms with Crippen molar-refractivity contribution in [1.82, 2.24) is 10.4 Å². The Bertz CT molecular complexity index is 964. The van der Waals surface area contributed by atoms with Gasteiger partial charge >= 0.3 is 0 Å². The third-order valence-electron chi connectivity index (χ3n) is 4.21. The lowest BCUT2D eigenvalue weighted by Gasteiger charge is -2.17. The number of aryl methyl sites for hydroxylation is 1. The number of para-hydroxylation sites is 1. The quantitative estimate of drug-likeness (QED) is 0.434. The van der Waals surface area contributed by atoms with Crippen molar-refractivity contribution in [2.24, 2.45) is 5.10 Å². The van der Waals surface area contributed by atoms with Gasteiger partial charge in [-0.1, -0.05) is 12.1 Å². The molecule has 26 heavy (non-hydrogen) atoms. The van der Waals surface area contributed by atoms with Crippen molar-refractivity contribution < 1.29 is 14.8 Å². The summed E-state index contributed by atoms with van der Waals surface area (Å²) in [5, 5.41) is 24.9. The molecule has 3 rings (SSSR count). The summed E-state index contributed by atoms with van der Waals surface area (Å²) in [5.74, 6) is -1.21. The minimum absolute atomic E-state index is 0.167. The minimum atomic E-state index is -0.882. The number of hydrogen-bond donors (Lipinski definition) is 3. The van der Waals surface area contributed by atoms with Crippen LogP contribution in [0.15, 0.2) is 34.2 Å². The number of benzene rings is 1. The normalized spacial score (nSPS) is 13.4. The Kier molecular flexibility index (Phi) is 4.78. The molecule has 0 spiro atoms. The van der Waals surface area contributed by atoms with Gasteiger partial charge < -0.3 is 10.1 Å². The van der Waals surface area contributed by atoms with Crippen LogP contribution in [0.5, 0.6) is 5.75 Å². The van der Waals surface area contributed by atoms with Crippen LogP contribution in [0, 0.1) is 10.1 Å². The molecule has 0 radical (unpaired) electrons. The molecule has 0 atom stereocenters. The van der Waals surface area contributed by atoms with Gasteiger partial charge in [0.15, 0.2) is 0 Å². The zero-order valence-electron chi connectivity index (χ0n) is 13.7. The molecule has 0 fully saturated rings. The van der Waals surface area contributed by atoms with Gasteiger partial charge in [0.25, 0.3) is 17.2 Å². The molecule has 9 heteroatoms. The number of fused-ring (bicyclic) bond motifs is 1. The predicted octanol–water partition coefficient (Wildman–Crippen LogP) is 1.63. The van der Waals surface area contributed by atoms with Crippen molar-refractivity contribution in [2.75, 3.05) is 0 Å². The van der Waals surface area contributed by atoms with Crippen LogP contribution in [0.1, 0.15) is 40.0 Å². The number of rotatable bonds is 4. The summed E-state index contributed by atoms with van der Waals surface area (Å²) in [7, 11) is 0. The molecule has 1 amide bonds. The number of carbonyl (C=O) groups excluding carboxylic acids is 1. The minimum Gasteiger partial charge on any atom is -0.507 e. The molecule has 0 bridgehead atoms. The molecule has 134 valence electrons. The summed E-state index contributed by atoms with van der Waals surface area (Å²) < 4.78 is 0. The summed E-state index contributed by atoms with van der Waals surface area (Å²) in [6.07, 6.45) is 4.12. The number of amides is 1. The van der Waals surface area contributed by atoms with Crippen molar-refractivity contribution in [3.8, 4) is 5.75 Å². The van der Waals surface area contributed by atoms with Crippen LogP contribution < -0.4 is 11.0 Å². The summed E-state index contributed by atoms with van der Waals surface area (Å²) >= 11 is 0. The second kappa shape index (κ2) is 7.18. The van der Waals surface area contributed by atoms with Gasteiger partial charge in [0, 0.05) is 17.3 Å². The van der Waals surface area contributed by atoms with E-state index in [9.17, 15) is 24.8 Å². The van der Waals surface area contributed by atoms with Crippen molar-refractivity contribution in [3.63, 3.8) is 0 Å². The van der Waals surface area contributed by atoms with Crippen LogP contribution in [0.2, 0.25) is 0 Å². The number of aromatic hydroxyl groups is 1. The standard InChI is InChI=1S/C17H16N4O5/c22-15-11-6-2-3-7-12(11)19-16(23)14(15)17(24)20-18-9-10-5-1-4-8-13(10)21(25)26/h1,4-5,8-9H,2-3,6-7H2,(H,20,24)(H2,19,22,23)/b18-9+. The number of pyridine rings is 1. The highest BCUT2D eigenvalue weighted by Crippen LogP contribution is 2.28. The Balaban J connectivity index is 1.84. The lowest BCUT2D eigenvalue weighted by molar-refractivity contribution is -0.385. The lowest BCUT2D eigenvalue weighted by Crippen LogP contribution is -2.29. The molecular weight excluding hydrogens is 340 g/mol. The molecule has 1 aromatic heterocycles. The molecule has 0 unspecified atom stereocenters. The maximum absolute atomic E-state index is 12.2. The molecule has 2 aromatic rings. The van der Waals surface area contributed by atoms with Crippen molar-refractivity contribution in [3.05, 3.63) is 67.1 Å². The number of nitro groups is 1. The Morgan fingerprint density at radius 3 is 2.81 bits per heavy atom. The first-order chi connectivity index (χ1) is 12.5. The SMILES string of the molecule is O=C(N/N=C/c1ccccc1[N+](=O)[O-])c1c(O)c2c([nH]c1=O)CCCC2. The van der Waals surface area contributed by atoms with Gasteiger partial charge in [0.2, 0.25) is 0 Å². The van der Waals surface area contributed by atoms with E-state index in [4.69, 9.17) is 0 Å². The van der Waals surface area contributed by atoms with Crippen LogP contribution in [-0.2, 0) is 12.8 Å². The van der Waals surface area contributed by atoms with Gasteiger partial charge in [-0.25, -0.2) is 5.43 Å². The van der Waals surface area contributed by atoms with Crippen molar-refractivity contribution in [2.45, 2.75) is 25.7 Å². The highest BCUT2D eigenvalue weighted by Gasteiger charge is 2.23. The van der Waals surface area contributed by atoms with Crippen LogP contribution in [0.3, 0.4) is 0 Å². The topological polar surface area (TPSA) is 138 Å². The molecule has 0 aliphatic heterocycles. The Labute approximate surface area is 147 Å². The molecule has 0 saturated heterocycles. The summed E-state index contributed by atoms with van der Waals surface area (Å²) in [6, 6.07) is 5.88. The molecule has 3 N–H and O–H groups in total. The fourth-order valence-electron chi connectivity index (χ4n) is 2.95. The number of H-pyrrole nitrogens is 1. The molecule has 1 aliphatic carbocycles. The number of nitro benzene ring substituents is 1. The van der Waals surface area contributed by atoms with Crippen LogP contribution in [-0.4, -0.2) is 27.1 Å². The summed E-state index contributed by atoms with van der Waals surface area (Å²) in [5.41, 5.74) is 2.28. The number of carbonyl (C=O) groups is 1. The average Bonchev–Trinajstić information content (AvgIpc) is 2.62. The van der Waals surface area contributed by atoms with Crippen LogP contribution in [0.4, 0.5) is 5.69 Å². The Morgan fingerprint density at radius 1 is 1.31 bits per heavy atom. The number of aromatic amines is 1. The molecule has 1 aromatic carbocycles. The van der Waals surface area contributed by atoms with E-state index in [0.29, 0.717) is 24.1 Å². The fraction of sp³-hybridized carbons (Fsp3) is 0.235. The number of nitrogens with one attached hydrogen (secondary N) is 2. The zero-order valence-corrected chi connectivity index (χ0v) is 13.7.